The molecule has 0 rings (SSSR count). The topological polar surface area (TPSA) is 95.9 Å². The Balaban J connectivity index is 3.33. The van der Waals surface area contributed by atoms with Crippen molar-refractivity contribution in [3.05, 3.63) is 36.5 Å². The summed E-state index contributed by atoms with van der Waals surface area (Å²) in [4.78, 5) is 24.7. The van der Waals surface area contributed by atoms with Crippen molar-refractivity contribution in [2.75, 3.05) is 13.2 Å². The van der Waals surface area contributed by atoms with Gasteiger partial charge in [0, 0.05) is 12.8 Å². The van der Waals surface area contributed by atoms with Gasteiger partial charge < -0.3 is 20.3 Å². The molecule has 0 aromatic rings. The van der Waals surface area contributed by atoms with Gasteiger partial charge >= 0.3 is 5.97 Å². The van der Waals surface area contributed by atoms with Gasteiger partial charge in [-0.05, 0) is 83.5 Å². The second-order valence-corrected chi connectivity index (χ2v) is 29.5. The third-order valence-corrected chi connectivity index (χ3v) is 20.2. The number of nitrogens with one attached hydrogen (secondary N) is 1. The molecular formula is C87H167NO5. The van der Waals surface area contributed by atoms with Crippen LogP contribution in [0.5, 0.6) is 0 Å². The quantitative estimate of drug-likeness (QED) is 0.0320. The van der Waals surface area contributed by atoms with Crippen LogP contribution in [0.2, 0.25) is 0 Å². The van der Waals surface area contributed by atoms with Gasteiger partial charge in [-0.25, -0.2) is 0 Å². The summed E-state index contributed by atoms with van der Waals surface area (Å²) in [6.45, 7) is 4.98. The molecule has 0 aliphatic carbocycles. The molecule has 0 spiro atoms. The summed E-state index contributed by atoms with van der Waals surface area (Å²) in [6, 6.07) is -0.540. The standard InChI is InChI=1S/C87H167NO5/c1-3-5-7-9-11-13-15-17-19-21-22-23-41-44-48-51-55-59-63-67-71-75-79-85(90)84(83-89)88-86(91)80-76-72-68-64-60-56-52-49-45-42-39-37-35-33-31-29-27-25-24-26-28-30-32-34-36-38-40-43-46-50-54-58-62-66-70-74-78-82-93-87(92)81-77-73-69-65-61-57-53-47-20-18-16-14-12-10-8-6-4-2/h12,14,18,20,24,26,84-85,89-90H,3-11,13,15-17,19,21-23,25,27-83H2,1-2H3,(H,88,91)/b14-12-,20-18-,26-24-. The van der Waals surface area contributed by atoms with Crippen molar-refractivity contribution < 1.29 is 24.5 Å². The van der Waals surface area contributed by atoms with E-state index in [0.717, 1.165) is 51.4 Å². The lowest BCUT2D eigenvalue weighted by atomic mass is 10.0. The van der Waals surface area contributed by atoms with Crippen molar-refractivity contribution in [2.24, 2.45) is 0 Å². The Morgan fingerprint density at radius 1 is 0.301 bits per heavy atom. The normalized spacial score (nSPS) is 12.6. The van der Waals surface area contributed by atoms with Crippen molar-refractivity contribution >= 4 is 11.9 Å². The molecule has 0 aliphatic rings. The summed E-state index contributed by atoms with van der Waals surface area (Å²) in [5, 5.41) is 23.5. The van der Waals surface area contributed by atoms with E-state index in [2.05, 4.69) is 55.6 Å². The summed E-state index contributed by atoms with van der Waals surface area (Å²) in [5.74, 6) is -0.0108. The number of rotatable bonds is 81. The van der Waals surface area contributed by atoms with E-state index >= 15 is 0 Å². The van der Waals surface area contributed by atoms with Gasteiger partial charge in [0.1, 0.15) is 0 Å². The predicted octanol–water partition coefficient (Wildman–Crippen LogP) is 28.6. The third kappa shape index (κ3) is 79.0. The fraction of sp³-hybridized carbons (Fsp3) is 0.908. The Morgan fingerprint density at radius 2 is 0.538 bits per heavy atom. The Hall–Kier alpha value is -1.92. The van der Waals surface area contributed by atoms with Crippen LogP contribution in [0.4, 0.5) is 0 Å². The molecule has 93 heavy (non-hydrogen) atoms. The summed E-state index contributed by atoms with van der Waals surface area (Å²) < 4.78 is 5.51. The number of aliphatic hydroxyl groups is 2. The molecule has 6 heteroatoms. The molecule has 0 saturated heterocycles. The molecule has 6 nitrogen and oxygen atoms in total. The number of allylic oxidation sites excluding steroid dienone is 6. The average Bonchev–Trinajstić information content (AvgIpc) is 3.78. The number of unbranched alkanes of at least 4 members (excludes halogenated alkanes) is 64. The van der Waals surface area contributed by atoms with E-state index in [4.69, 9.17) is 4.74 Å². The van der Waals surface area contributed by atoms with Crippen molar-refractivity contribution in [2.45, 2.75) is 495 Å². The second kappa shape index (κ2) is 82.5. The smallest absolute Gasteiger partial charge is 0.305 e. The summed E-state index contributed by atoms with van der Waals surface area (Å²) in [7, 11) is 0. The Kier molecular flexibility index (Phi) is 80.8. The highest BCUT2D eigenvalue weighted by Crippen LogP contribution is 2.21. The highest BCUT2D eigenvalue weighted by Gasteiger charge is 2.20. The van der Waals surface area contributed by atoms with E-state index in [9.17, 15) is 19.8 Å². The molecular weight excluding hydrogens is 1140 g/mol. The first kappa shape index (κ1) is 91.1. The first-order chi connectivity index (χ1) is 46.0. The highest BCUT2D eigenvalue weighted by molar-refractivity contribution is 5.76. The molecule has 550 valence electrons. The van der Waals surface area contributed by atoms with Gasteiger partial charge in [-0.2, -0.15) is 0 Å². The molecule has 0 fully saturated rings. The van der Waals surface area contributed by atoms with Crippen LogP contribution >= 0.6 is 0 Å². The van der Waals surface area contributed by atoms with Crippen molar-refractivity contribution in [3.8, 4) is 0 Å². The zero-order chi connectivity index (χ0) is 67.0. The molecule has 2 atom stereocenters. The summed E-state index contributed by atoms with van der Waals surface area (Å²) in [6.07, 6.45) is 108. The van der Waals surface area contributed by atoms with Gasteiger partial charge in [0.05, 0.1) is 25.4 Å². The largest absolute Gasteiger partial charge is 0.466 e. The first-order valence-electron chi connectivity index (χ1n) is 42.7. The zero-order valence-electron chi connectivity index (χ0n) is 63.3. The Labute approximate surface area is 583 Å². The number of esters is 1. The van der Waals surface area contributed by atoms with E-state index in [0.29, 0.717) is 25.9 Å². The maximum Gasteiger partial charge on any atom is 0.305 e. The van der Waals surface area contributed by atoms with Crippen LogP contribution in [0.3, 0.4) is 0 Å². The molecule has 0 heterocycles. The monoisotopic (exact) mass is 1310 g/mol. The number of hydrogen-bond donors (Lipinski definition) is 3. The second-order valence-electron chi connectivity index (χ2n) is 29.5. The van der Waals surface area contributed by atoms with Crippen molar-refractivity contribution in [3.63, 3.8) is 0 Å². The minimum atomic E-state index is -0.663. The van der Waals surface area contributed by atoms with Crippen molar-refractivity contribution in [1.29, 1.82) is 0 Å². The molecule has 0 aromatic carbocycles. The van der Waals surface area contributed by atoms with Gasteiger partial charge in [-0.1, -0.05) is 423 Å². The van der Waals surface area contributed by atoms with Gasteiger partial charge in [0.2, 0.25) is 5.91 Å². The van der Waals surface area contributed by atoms with E-state index in [-0.39, 0.29) is 18.5 Å². The molecule has 1 amide bonds. The molecule has 0 aromatic heterocycles. The van der Waals surface area contributed by atoms with Crippen LogP contribution in [-0.4, -0.2) is 47.4 Å². The first-order valence-corrected chi connectivity index (χ1v) is 42.7. The lowest BCUT2D eigenvalue weighted by Crippen LogP contribution is -2.45. The van der Waals surface area contributed by atoms with Crippen LogP contribution in [0, 0.1) is 0 Å². The molecule has 3 N–H and O–H groups in total. The van der Waals surface area contributed by atoms with Crippen LogP contribution in [-0.2, 0) is 14.3 Å². The number of ether oxygens (including phenoxy) is 1. The van der Waals surface area contributed by atoms with Crippen LogP contribution in [0.15, 0.2) is 36.5 Å². The molecule has 0 radical (unpaired) electrons. The average molecular weight is 1310 g/mol. The molecule has 0 aliphatic heterocycles. The lowest BCUT2D eigenvalue weighted by molar-refractivity contribution is -0.143. The fourth-order valence-corrected chi connectivity index (χ4v) is 13.7. The fourth-order valence-electron chi connectivity index (χ4n) is 13.7. The van der Waals surface area contributed by atoms with E-state index < -0.39 is 12.1 Å². The minimum absolute atomic E-state index is 0.0145. The van der Waals surface area contributed by atoms with Gasteiger partial charge in [-0.15, -0.1) is 0 Å². The number of carbonyl (C=O) groups is 2. The van der Waals surface area contributed by atoms with Crippen LogP contribution in [0.25, 0.3) is 0 Å². The number of amides is 1. The van der Waals surface area contributed by atoms with Gasteiger partial charge in [0.15, 0.2) is 0 Å². The van der Waals surface area contributed by atoms with Crippen molar-refractivity contribution in [1.82, 2.24) is 5.32 Å². The Morgan fingerprint density at radius 3 is 0.849 bits per heavy atom. The van der Waals surface area contributed by atoms with Crippen LogP contribution in [0.1, 0.15) is 483 Å². The molecule has 0 bridgehead atoms. The third-order valence-electron chi connectivity index (χ3n) is 20.2. The van der Waals surface area contributed by atoms with Gasteiger partial charge in [-0.3, -0.25) is 9.59 Å². The maximum atomic E-state index is 12.6. The number of carbonyl (C=O) groups excluding carboxylic acids is 2. The van der Waals surface area contributed by atoms with E-state index in [1.54, 1.807) is 0 Å². The zero-order valence-corrected chi connectivity index (χ0v) is 63.3. The molecule has 0 saturated carbocycles. The Bertz CT molecular complexity index is 1510. The van der Waals surface area contributed by atoms with Crippen LogP contribution < -0.4 is 5.32 Å². The highest BCUT2D eigenvalue weighted by atomic mass is 16.5. The number of hydrogen-bond acceptors (Lipinski definition) is 5. The lowest BCUT2D eigenvalue weighted by Gasteiger charge is -2.22. The SMILES string of the molecule is CCCCC/C=C\C/C=C\CCCCCCCCCC(=O)OCCCCCCCCCCCCCCCCCC/C=C\CCCCCCCCCCCCCCCCCCCC(=O)NC(CO)C(O)CCCCCCCCCCCCCCCCCCCCCCCC. The summed E-state index contributed by atoms with van der Waals surface area (Å²) >= 11 is 0. The van der Waals surface area contributed by atoms with E-state index in [1.165, 1.54) is 398 Å². The summed E-state index contributed by atoms with van der Waals surface area (Å²) in [5.41, 5.74) is 0. The number of aliphatic hydroxyl groups excluding tert-OH is 2. The molecule has 2 unspecified atom stereocenters. The maximum absolute atomic E-state index is 12.6. The predicted molar refractivity (Wildman–Crippen MR) is 412 cm³/mol. The van der Waals surface area contributed by atoms with Gasteiger partial charge in [0.25, 0.3) is 0 Å². The minimum Gasteiger partial charge on any atom is -0.466 e. The van der Waals surface area contributed by atoms with E-state index in [1.807, 2.05) is 0 Å².